The Balaban J connectivity index is 1.56. The van der Waals surface area contributed by atoms with Crippen LogP contribution in [0.2, 0.25) is 0 Å². The zero-order chi connectivity index (χ0) is 25.8. The van der Waals surface area contributed by atoms with E-state index in [0.29, 0.717) is 0 Å². The molecule has 9 rings (SSSR count). The topological polar surface area (TPSA) is 13.1 Å². The fourth-order valence-corrected chi connectivity index (χ4v) is 7.26. The zero-order valence-electron chi connectivity index (χ0n) is 21.6. The van der Waals surface area contributed by atoms with Gasteiger partial charge >= 0.3 is 6.98 Å². The Morgan fingerprint density at radius 1 is 0.667 bits per heavy atom. The number of benzene rings is 5. The Labute approximate surface area is 226 Å². The first kappa shape index (κ1) is 21.0. The number of allylic oxidation sites excluding steroid dienone is 3. The molecule has 39 heavy (non-hydrogen) atoms. The van der Waals surface area contributed by atoms with E-state index in [-0.39, 0.29) is 6.98 Å². The Kier molecular flexibility index (Phi) is 3.95. The standard InChI is InChI=1S/C35H24BN3/c1-3-28-22(2)24-15-7-11-19-30(24)38-32-21-27-25-16-8-10-18-29(25)37(23-13-5-4-6-14-23)34(27)33-26-17-9-12-20-31(26)39(35(32)33)36(28)38/h3-21H,2H2,1H3/b28-3+. The highest BCUT2D eigenvalue weighted by molar-refractivity contribution is 6.79. The molecular formula is C35H24BN3. The van der Waals surface area contributed by atoms with Gasteiger partial charge in [0.05, 0.1) is 22.2 Å². The van der Waals surface area contributed by atoms with Crippen LogP contribution in [0.15, 0.2) is 127 Å². The maximum absolute atomic E-state index is 4.59. The number of aromatic nitrogens is 2. The molecule has 0 amide bonds. The van der Waals surface area contributed by atoms with Crippen molar-refractivity contribution < 1.29 is 0 Å². The van der Waals surface area contributed by atoms with Crippen molar-refractivity contribution in [2.45, 2.75) is 6.92 Å². The van der Waals surface area contributed by atoms with Crippen molar-refractivity contribution in [1.82, 2.24) is 9.05 Å². The van der Waals surface area contributed by atoms with Crippen molar-refractivity contribution in [2.24, 2.45) is 0 Å². The molecule has 0 atom stereocenters. The van der Waals surface area contributed by atoms with Gasteiger partial charge in [-0.05, 0) is 54.4 Å². The molecule has 0 saturated heterocycles. The molecule has 5 aromatic carbocycles. The molecule has 2 aliphatic heterocycles. The average Bonchev–Trinajstić information content (AvgIpc) is 3.62. The van der Waals surface area contributed by atoms with Crippen LogP contribution < -0.4 is 4.81 Å². The summed E-state index contributed by atoms with van der Waals surface area (Å²) < 4.78 is 5.02. The zero-order valence-corrected chi connectivity index (χ0v) is 21.6. The number of hydrogen-bond donors (Lipinski definition) is 0. The summed E-state index contributed by atoms with van der Waals surface area (Å²) >= 11 is 0. The lowest BCUT2D eigenvalue weighted by atomic mass is 9.58. The van der Waals surface area contributed by atoms with Crippen molar-refractivity contribution in [3.63, 3.8) is 0 Å². The van der Waals surface area contributed by atoms with Gasteiger partial charge in [-0.2, -0.15) is 0 Å². The van der Waals surface area contributed by atoms with E-state index in [4.69, 9.17) is 0 Å². The van der Waals surface area contributed by atoms with Crippen LogP contribution in [0.25, 0.3) is 54.9 Å². The van der Waals surface area contributed by atoms with Gasteiger partial charge in [-0.1, -0.05) is 85.5 Å². The molecule has 4 heterocycles. The third kappa shape index (κ3) is 2.45. The van der Waals surface area contributed by atoms with Gasteiger partial charge in [-0.25, -0.2) is 0 Å². The Morgan fingerprint density at radius 2 is 1.36 bits per heavy atom. The molecule has 7 aromatic rings. The summed E-state index contributed by atoms with van der Waals surface area (Å²) in [6.07, 6.45) is 2.25. The van der Waals surface area contributed by atoms with Crippen LogP contribution in [0, 0.1) is 0 Å². The van der Waals surface area contributed by atoms with Crippen LogP contribution in [0.5, 0.6) is 0 Å². The number of hydrogen-bond acceptors (Lipinski definition) is 1. The van der Waals surface area contributed by atoms with Crippen LogP contribution in [0.1, 0.15) is 12.5 Å². The molecule has 0 saturated carbocycles. The molecule has 0 spiro atoms. The van der Waals surface area contributed by atoms with E-state index in [1.165, 1.54) is 71.7 Å². The first-order valence-corrected chi connectivity index (χ1v) is 13.6. The van der Waals surface area contributed by atoms with E-state index in [0.717, 1.165) is 5.57 Å². The smallest absolute Gasteiger partial charge is 0.359 e. The molecule has 0 aliphatic carbocycles. The Bertz CT molecular complexity index is 2210. The molecule has 0 radical (unpaired) electrons. The molecule has 3 nitrogen and oxygen atoms in total. The van der Waals surface area contributed by atoms with E-state index >= 15 is 0 Å². The highest BCUT2D eigenvalue weighted by Crippen LogP contribution is 2.54. The minimum absolute atomic E-state index is 0.0257. The van der Waals surface area contributed by atoms with Crippen molar-refractivity contribution in [2.75, 3.05) is 4.81 Å². The van der Waals surface area contributed by atoms with Gasteiger partial charge in [0.25, 0.3) is 0 Å². The third-order valence-electron chi connectivity index (χ3n) is 8.77. The average molecular weight is 497 g/mol. The van der Waals surface area contributed by atoms with Crippen molar-refractivity contribution in [1.29, 1.82) is 0 Å². The second-order valence-corrected chi connectivity index (χ2v) is 10.6. The predicted octanol–water partition coefficient (Wildman–Crippen LogP) is 8.89. The highest BCUT2D eigenvalue weighted by Gasteiger charge is 2.46. The van der Waals surface area contributed by atoms with Gasteiger partial charge in [0.2, 0.25) is 0 Å². The van der Waals surface area contributed by atoms with Crippen molar-refractivity contribution in [3.05, 3.63) is 133 Å². The minimum Gasteiger partial charge on any atom is -0.359 e. The van der Waals surface area contributed by atoms with Gasteiger partial charge in [0.1, 0.15) is 0 Å². The minimum atomic E-state index is 0.0257. The summed E-state index contributed by atoms with van der Waals surface area (Å²) in [5, 5.41) is 5.16. The van der Waals surface area contributed by atoms with Crippen LogP contribution in [-0.2, 0) is 0 Å². The summed E-state index contributed by atoms with van der Waals surface area (Å²) in [6.45, 7) is 6.76. The van der Waals surface area contributed by atoms with Crippen LogP contribution in [0.4, 0.5) is 11.4 Å². The number of para-hydroxylation sites is 4. The van der Waals surface area contributed by atoms with Gasteiger partial charge in [0, 0.05) is 44.0 Å². The summed E-state index contributed by atoms with van der Waals surface area (Å²) in [4.78, 5) is 2.54. The van der Waals surface area contributed by atoms with Crippen molar-refractivity contribution in [3.8, 4) is 5.69 Å². The van der Waals surface area contributed by atoms with E-state index < -0.39 is 0 Å². The normalized spacial score (nSPS) is 15.3. The summed E-state index contributed by atoms with van der Waals surface area (Å²) in [5.41, 5.74) is 12.3. The second-order valence-electron chi connectivity index (χ2n) is 10.6. The Hall–Kier alpha value is -4.96. The number of nitrogens with zero attached hydrogens (tertiary/aromatic N) is 3. The fourth-order valence-electron chi connectivity index (χ4n) is 7.26. The van der Waals surface area contributed by atoms with Gasteiger partial charge in [-0.3, -0.25) is 0 Å². The van der Waals surface area contributed by atoms with E-state index in [1.807, 2.05) is 0 Å². The highest BCUT2D eigenvalue weighted by atomic mass is 15.2. The molecule has 2 aliphatic rings. The molecule has 2 aromatic heterocycles. The summed E-state index contributed by atoms with van der Waals surface area (Å²) in [7, 11) is 0. The van der Waals surface area contributed by atoms with Crippen LogP contribution >= 0.6 is 0 Å². The quantitative estimate of drug-likeness (QED) is 0.207. The summed E-state index contributed by atoms with van der Waals surface area (Å²) in [6, 6.07) is 39.7. The first-order chi connectivity index (χ1) is 19.3. The molecule has 0 fully saturated rings. The third-order valence-corrected chi connectivity index (χ3v) is 8.77. The van der Waals surface area contributed by atoms with E-state index in [2.05, 4.69) is 143 Å². The lowest BCUT2D eigenvalue weighted by molar-refractivity contribution is 1.19. The monoisotopic (exact) mass is 497 g/mol. The van der Waals surface area contributed by atoms with E-state index in [9.17, 15) is 0 Å². The Morgan fingerprint density at radius 3 is 2.18 bits per heavy atom. The lowest BCUT2D eigenvalue weighted by Gasteiger charge is -2.36. The van der Waals surface area contributed by atoms with Gasteiger partial charge in [-0.15, -0.1) is 0 Å². The molecule has 4 heteroatoms. The fraction of sp³-hybridized carbons (Fsp3) is 0.0286. The molecule has 0 bridgehead atoms. The molecular weight excluding hydrogens is 473 g/mol. The first-order valence-electron chi connectivity index (χ1n) is 13.6. The molecule has 182 valence electrons. The van der Waals surface area contributed by atoms with E-state index in [1.54, 1.807) is 0 Å². The summed E-state index contributed by atoms with van der Waals surface area (Å²) in [5.74, 6) is 0. The van der Waals surface area contributed by atoms with Crippen molar-refractivity contribution >= 4 is 67.5 Å². The number of rotatable bonds is 1. The van der Waals surface area contributed by atoms with Gasteiger partial charge in [0.15, 0.2) is 0 Å². The largest absolute Gasteiger partial charge is 0.421 e. The number of anilines is 2. The maximum Gasteiger partial charge on any atom is 0.421 e. The second kappa shape index (κ2) is 7.33. The molecule has 0 N–H and O–H groups in total. The predicted molar refractivity (Wildman–Crippen MR) is 166 cm³/mol. The lowest BCUT2D eigenvalue weighted by Crippen LogP contribution is -2.43. The maximum atomic E-state index is 4.59. The number of fused-ring (bicyclic) bond motifs is 12. The van der Waals surface area contributed by atoms with Crippen LogP contribution in [0.3, 0.4) is 0 Å². The van der Waals surface area contributed by atoms with Crippen LogP contribution in [-0.4, -0.2) is 16.0 Å². The van der Waals surface area contributed by atoms with Gasteiger partial charge < -0.3 is 13.9 Å². The SMILES string of the molecule is C=C1/C(=C\C)B2N(c3ccccc31)c1cc3c4ccccc4n(-c4ccccc4)c3c3c4ccccc4n2c13. The molecule has 0 unspecified atom stereocenters.